The molecule has 16 heavy (non-hydrogen) atoms. The van der Waals surface area contributed by atoms with Crippen LogP contribution < -0.4 is 10.6 Å². The summed E-state index contributed by atoms with van der Waals surface area (Å²) in [5.41, 5.74) is 0. The van der Waals surface area contributed by atoms with E-state index in [0.29, 0.717) is 6.04 Å². The molecule has 0 spiro atoms. The summed E-state index contributed by atoms with van der Waals surface area (Å²) < 4.78 is 0. The van der Waals surface area contributed by atoms with Crippen LogP contribution in [0.3, 0.4) is 0 Å². The molecule has 0 bridgehead atoms. The number of carbonyl (C=O) groups is 1. The minimum Gasteiger partial charge on any atom is -0.352 e. The highest BCUT2D eigenvalue weighted by atomic mass is 16.2. The highest BCUT2D eigenvalue weighted by Crippen LogP contribution is 2.22. The normalized spacial score (nSPS) is 35.7. The summed E-state index contributed by atoms with van der Waals surface area (Å²) in [6.45, 7) is 3.32. The largest absolute Gasteiger partial charge is 0.352 e. The lowest BCUT2D eigenvalue weighted by Crippen LogP contribution is -2.45. The van der Waals surface area contributed by atoms with E-state index in [1.165, 1.54) is 32.1 Å². The van der Waals surface area contributed by atoms with Crippen LogP contribution in [0, 0.1) is 5.92 Å². The van der Waals surface area contributed by atoms with E-state index in [-0.39, 0.29) is 11.9 Å². The second kappa shape index (κ2) is 5.67. The lowest BCUT2D eigenvalue weighted by molar-refractivity contribution is -0.123. The van der Waals surface area contributed by atoms with E-state index in [1.807, 2.05) is 0 Å². The third-order valence-corrected chi connectivity index (χ3v) is 3.98. The van der Waals surface area contributed by atoms with Crippen LogP contribution >= 0.6 is 0 Å². The van der Waals surface area contributed by atoms with Gasteiger partial charge in [-0.1, -0.05) is 19.8 Å². The van der Waals surface area contributed by atoms with Crippen LogP contribution in [0.25, 0.3) is 0 Å². The minimum absolute atomic E-state index is 0.0840. The SMILES string of the molecule is CC1CCCC(NC(=O)[C@@H]2CCCN2)CC1. The average Bonchev–Trinajstić information content (AvgIpc) is 2.72. The zero-order chi connectivity index (χ0) is 11.4. The Morgan fingerprint density at radius 2 is 2.00 bits per heavy atom. The van der Waals surface area contributed by atoms with Crippen molar-refractivity contribution >= 4 is 5.91 Å². The number of nitrogens with one attached hydrogen (secondary N) is 2. The Bertz CT molecular complexity index is 236. The van der Waals surface area contributed by atoms with Gasteiger partial charge in [0.2, 0.25) is 5.91 Å². The lowest BCUT2D eigenvalue weighted by atomic mass is 10.0. The number of rotatable bonds is 2. The highest BCUT2D eigenvalue weighted by Gasteiger charge is 2.25. The third kappa shape index (κ3) is 3.21. The van der Waals surface area contributed by atoms with Crippen molar-refractivity contribution in [2.24, 2.45) is 5.92 Å². The van der Waals surface area contributed by atoms with Crippen LogP contribution in [0.15, 0.2) is 0 Å². The molecule has 2 unspecified atom stereocenters. The fourth-order valence-electron chi connectivity index (χ4n) is 2.84. The highest BCUT2D eigenvalue weighted by molar-refractivity contribution is 5.82. The van der Waals surface area contributed by atoms with Gasteiger partial charge >= 0.3 is 0 Å². The van der Waals surface area contributed by atoms with E-state index in [1.54, 1.807) is 0 Å². The molecule has 0 radical (unpaired) electrons. The van der Waals surface area contributed by atoms with Gasteiger partial charge in [0, 0.05) is 6.04 Å². The van der Waals surface area contributed by atoms with Crippen molar-refractivity contribution in [3.63, 3.8) is 0 Å². The van der Waals surface area contributed by atoms with Crippen LogP contribution in [0.1, 0.15) is 51.9 Å². The van der Waals surface area contributed by atoms with Gasteiger partial charge in [-0.2, -0.15) is 0 Å². The molecule has 92 valence electrons. The predicted molar refractivity (Wildman–Crippen MR) is 65.2 cm³/mol. The quantitative estimate of drug-likeness (QED) is 0.703. The molecule has 3 atom stereocenters. The van der Waals surface area contributed by atoms with Crippen molar-refractivity contribution in [2.75, 3.05) is 6.54 Å². The van der Waals surface area contributed by atoms with E-state index in [2.05, 4.69) is 17.6 Å². The molecule has 2 fully saturated rings. The lowest BCUT2D eigenvalue weighted by Gasteiger charge is -2.19. The van der Waals surface area contributed by atoms with E-state index in [0.717, 1.165) is 25.3 Å². The molecule has 0 aromatic heterocycles. The molecular formula is C13H24N2O. The Hall–Kier alpha value is -0.570. The van der Waals surface area contributed by atoms with Gasteiger partial charge in [-0.3, -0.25) is 4.79 Å². The predicted octanol–water partition coefficient (Wildman–Crippen LogP) is 1.82. The second-order valence-corrected chi connectivity index (χ2v) is 5.47. The van der Waals surface area contributed by atoms with Crippen molar-refractivity contribution < 1.29 is 4.79 Å². The Kier molecular flexibility index (Phi) is 4.22. The maximum atomic E-state index is 11.9. The number of hydrogen-bond donors (Lipinski definition) is 2. The molecule has 1 amide bonds. The van der Waals surface area contributed by atoms with Gasteiger partial charge in [-0.05, 0) is 44.6 Å². The summed E-state index contributed by atoms with van der Waals surface area (Å²) in [6, 6.07) is 0.514. The zero-order valence-corrected chi connectivity index (χ0v) is 10.3. The van der Waals surface area contributed by atoms with Crippen LogP contribution in [-0.2, 0) is 4.79 Å². The Morgan fingerprint density at radius 1 is 1.12 bits per heavy atom. The summed E-state index contributed by atoms with van der Waals surface area (Å²) >= 11 is 0. The summed E-state index contributed by atoms with van der Waals surface area (Å²) in [5.74, 6) is 1.07. The van der Waals surface area contributed by atoms with Gasteiger partial charge in [0.1, 0.15) is 0 Å². The van der Waals surface area contributed by atoms with Crippen molar-refractivity contribution in [2.45, 2.75) is 64.0 Å². The summed E-state index contributed by atoms with van der Waals surface area (Å²) in [4.78, 5) is 11.9. The molecular weight excluding hydrogens is 200 g/mol. The van der Waals surface area contributed by atoms with Crippen LogP contribution in [0.4, 0.5) is 0 Å². The smallest absolute Gasteiger partial charge is 0.237 e. The number of hydrogen-bond acceptors (Lipinski definition) is 2. The molecule has 1 heterocycles. The molecule has 2 aliphatic rings. The van der Waals surface area contributed by atoms with E-state index in [4.69, 9.17) is 0 Å². The maximum Gasteiger partial charge on any atom is 0.237 e. The number of amides is 1. The van der Waals surface area contributed by atoms with Crippen molar-refractivity contribution in [1.29, 1.82) is 0 Å². The monoisotopic (exact) mass is 224 g/mol. The second-order valence-electron chi connectivity index (χ2n) is 5.47. The minimum atomic E-state index is 0.0840. The third-order valence-electron chi connectivity index (χ3n) is 3.98. The van der Waals surface area contributed by atoms with Gasteiger partial charge in [0.25, 0.3) is 0 Å². The van der Waals surface area contributed by atoms with Crippen molar-refractivity contribution in [3.05, 3.63) is 0 Å². The van der Waals surface area contributed by atoms with Gasteiger partial charge in [-0.15, -0.1) is 0 Å². The van der Waals surface area contributed by atoms with E-state index in [9.17, 15) is 4.79 Å². The fraction of sp³-hybridized carbons (Fsp3) is 0.923. The Morgan fingerprint density at radius 3 is 2.75 bits per heavy atom. The van der Waals surface area contributed by atoms with Gasteiger partial charge < -0.3 is 10.6 Å². The molecule has 2 rings (SSSR count). The summed E-state index contributed by atoms with van der Waals surface area (Å²) in [6.07, 6.45) is 8.35. The molecule has 1 aliphatic carbocycles. The first kappa shape index (κ1) is 11.9. The van der Waals surface area contributed by atoms with Gasteiger partial charge in [0.15, 0.2) is 0 Å². The molecule has 2 N–H and O–H groups in total. The van der Waals surface area contributed by atoms with E-state index < -0.39 is 0 Å². The first-order valence-electron chi connectivity index (χ1n) is 6.79. The molecule has 3 nitrogen and oxygen atoms in total. The topological polar surface area (TPSA) is 41.1 Å². The first-order valence-corrected chi connectivity index (χ1v) is 6.79. The zero-order valence-electron chi connectivity index (χ0n) is 10.3. The first-order chi connectivity index (χ1) is 7.75. The van der Waals surface area contributed by atoms with Crippen LogP contribution in [0.5, 0.6) is 0 Å². The Labute approximate surface area is 98.4 Å². The van der Waals surface area contributed by atoms with Crippen molar-refractivity contribution in [3.8, 4) is 0 Å². The maximum absolute atomic E-state index is 11.9. The molecule has 1 saturated carbocycles. The fourth-order valence-corrected chi connectivity index (χ4v) is 2.84. The average molecular weight is 224 g/mol. The molecule has 1 saturated heterocycles. The molecule has 3 heteroatoms. The van der Waals surface area contributed by atoms with Crippen LogP contribution in [-0.4, -0.2) is 24.5 Å². The molecule has 0 aromatic carbocycles. The van der Waals surface area contributed by atoms with E-state index >= 15 is 0 Å². The summed E-state index contributed by atoms with van der Waals surface area (Å²) in [5, 5.41) is 6.48. The molecule has 1 aliphatic heterocycles. The Balaban J connectivity index is 1.77. The standard InChI is InChI=1S/C13H24N2O/c1-10-4-2-5-11(8-7-10)15-13(16)12-6-3-9-14-12/h10-12,14H,2-9H2,1H3,(H,15,16)/t10?,11?,12-/m0/s1. The van der Waals surface area contributed by atoms with Gasteiger partial charge in [-0.25, -0.2) is 0 Å². The van der Waals surface area contributed by atoms with Crippen molar-refractivity contribution in [1.82, 2.24) is 10.6 Å². The molecule has 0 aromatic rings. The van der Waals surface area contributed by atoms with Crippen LogP contribution in [0.2, 0.25) is 0 Å². The van der Waals surface area contributed by atoms with Gasteiger partial charge in [0.05, 0.1) is 6.04 Å². The number of carbonyl (C=O) groups excluding carboxylic acids is 1. The summed E-state index contributed by atoms with van der Waals surface area (Å²) in [7, 11) is 0.